The van der Waals surface area contributed by atoms with E-state index in [9.17, 15) is 4.39 Å². The predicted molar refractivity (Wildman–Crippen MR) is 97.1 cm³/mol. The van der Waals surface area contributed by atoms with Crippen LogP contribution in [0, 0.1) is 5.82 Å². The van der Waals surface area contributed by atoms with Gasteiger partial charge in [-0.2, -0.15) is 0 Å². The number of fused-ring (bicyclic) bond motifs is 4. The highest BCUT2D eigenvalue weighted by Crippen LogP contribution is 2.47. The number of para-hydroxylation sites is 1. The van der Waals surface area contributed by atoms with Crippen LogP contribution in [-0.4, -0.2) is 23.6 Å². The Morgan fingerprint density at radius 2 is 1.92 bits per heavy atom. The van der Waals surface area contributed by atoms with E-state index in [1.165, 1.54) is 12.1 Å². The fourth-order valence-corrected chi connectivity index (χ4v) is 3.33. The standard InChI is InChI=1S/C20H22FN3O2/c1-19(2,3)22-18-23-20(26-24(18)4)15-10-9-14(21)11-13(15)12-25-17-8-6-5-7-16(17)20/h5-11H,12H2,1-4H3,(H,22,23). The number of benzene rings is 2. The SMILES string of the molecule is CN1OC2(N=C1NC(C)(C)C)c1ccc(F)cc1COc1ccccc12. The number of nitrogens with one attached hydrogen (secondary N) is 1. The normalized spacial score (nSPS) is 21.6. The van der Waals surface area contributed by atoms with E-state index in [0.717, 1.165) is 16.7 Å². The summed E-state index contributed by atoms with van der Waals surface area (Å²) in [5.74, 6) is 0.986. The first-order chi connectivity index (χ1) is 12.3. The van der Waals surface area contributed by atoms with E-state index in [1.54, 1.807) is 11.1 Å². The summed E-state index contributed by atoms with van der Waals surface area (Å²) in [5, 5.41) is 4.99. The summed E-state index contributed by atoms with van der Waals surface area (Å²) in [6, 6.07) is 12.3. The van der Waals surface area contributed by atoms with E-state index in [0.29, 0.717) is 11.7 Å². The molecule has 4 rings (SSSR count). The molecule has 0 amide bonds. The summed E-state index contributed by atoms with van der Waals surface area (Å²) in [7, 11) is 1.81. The van der Waals surface area contributed by atoms with Crippen molar-refractivity contribution >= 4 is 5.96 Å². The van der Waals surface area contributed by atoms with Crippen molar-refractivity contribution in [2.45, 2.75) is 38.6 Å². The summed E-state index contributed by atoms with van der Waals surface area (Å²) >= 11 is 0. The Hall–Kier alpha value is -2.60. The molecule has 2 heterocycles. The zero-order valence-corrected chi connectivity index (χ0v) is 15.3. The molecule has 0 aliphatic carbocycles. The van der Waals surface area contributed by atoms with Gasteiger partial charge in [-0.15, -0.1) is 0 Å². The molecule has 0 radical (unpaired) electrons. The number of halogens is 1. The number of guanidine groups is 1. The number of nitrogens with zero attached hydrogens (tertiary/aromatic N) is 2. The molecule has 6 heteroatoms. The van der Waals surface area contributed by atoms with Crippen molar-refractivity contribution in [1.29, 1.82) is 0 Å². The summed E-state index contributed by atoms with van der Waals surface area (Å²) in [5.41, 5.74) is 0.993. The lowest BCUT2D eigenvalue weighted by Gasteiger charge is -2.28. The van der Waals surface area contributed by atoms with Gasteiger partial charge in [-0.3, -0.25) is 0 Å². The van der Waals surface area contributed by atoms with Crippen molar-refractivity contribution in [3.8, 4) is 5.75 Å². The third-order valence-electron chi connectivity index (χ3n) is 4.39. The lowest BCUT2D eigenvalue weighted by molar-refractivity contribution is -0.153. The van der Waals surface area contributed by atoms with Crippen molar-refractivity contribution in [3.05, 3.63) is 65.0 Å². The fourth-order valence-electron chi connectivity index (χ4n) is 3.33. The number of hydroxylamine groups is 2. The molecule has 0 aromatic heterocycles. The van der Waals surface area contributed by atoms with Crippen LogP contribution in [0.3, 0.4) is 0 Å². The molecule has 1 unspecified atom stereocenters. The molecular formula is C20H22FN3O2. The van der Waals surface area contributed by atoms with Gasteiger partial charge in [0.2, 0.25) is 11.7 Å². The summed E-state index contributed by atoms with van der Waals surface area (Å²) < 4.78 is 19.8. The summed E-state index contributed by atoms with van der Waals surface area (Å²) in [6.07, 6.45) is 0. The van der Waals surface area contributed by atoms with Gasteiger partial charge < -0.3 is 10.1 Å². The monoisotopic (exact) mass is 355 g/mol. The molecule has 1 spiro atoms. The number of aliphatic imine (C=N–C) groups is 1. The molecule has 0 fully saturated rings. The molecule has 5 nitrogen and oxygen atoms in total. The third kappa shape index (κ3) is 2.70. The van der Waals surface area contributed by atoms with Crippen LogP contribution in [0.4, 0.5) is 4.39 Å². The molecule has 1 N–H and O–H groups in total. The smallest absolute Gasteiger partial charge is 0.243 e. The van der Waals surface area contributed by atoms with Crippen LogP contribution >= 0.6 is 0 Å². The van der Waals surface area contributed by atoms with Gasteiger partial charge >= 0.3 is 0 Å². The highest BCUT2D eigenvalue weighted by molar-refractivity contribution is 5.82. The molecule has 1 atom stereocenters. The number of rotatable bonds is 0. The average molecular weight is 355 g/mol. The minimum absolute atomic E-state index is 0.186. The van der Waals surface area contributed by atoms with E-state index in [4.69, 9.17) is 14.6 Å². The number of hydrogen-bond donors (Lipinski definition) is 1. The minimum atomic E-state index is -1.11. The van der Waals surface area contributed by atoms with Crippen molar-refractivity contribution in [2.75, 3.05) is 7.05 Å². The number of hydrogen-bond acceptors (Lipinski definition) is 5. The largest absolute Gasteiger partial charge is 0.488 e. The molecule has 136 valence electrons. The van der Waals surface area contributed by atoms with Gasteiger partial charge in [-0.05, 0) is 45.0 Å². The first-order valence-corrected chi connectivity index (χ1v) is 8.61. The van der Waals surface area contributed by atoms with E-state index in [1.807, 2.05) is 31.3 Å². The van der Waals surface area contributed by atoms with E-state index < -0.39 is 5.72 Å². The van der Waals surface area contributed by atoms with Crippen LogP contribution in [0.15, 0.2) is 47.5 Å². The van der Waals surface area contributed by atoms with Crippen LogP contribution in [0.25, 0.3) is 0 Å². The Bertz CT molecular complexity index is 891. The van der Waals surface area contributed by atoms with Crippen LogP contribution < -0.4 is 10.1 Å². The zero-order chi connectivity index (χ0) is 18.5. The maximum absolute atomic E-state index is 13.9. The second-order valence-electron chi connectivity index (χ2n) is 7.63. The van der Waals surface area contributed by atoms with Crippen molar-refractivity contribution < 1.29 is 14.0 Å². The van der Waals surface area contributed by atoms with E-state index >= 15 is 0 Å². The third-order valence-corrected chi connectivity index (χ3v) is 4.39. The lowest BCUT2D eigenvalue weighted by atomic mass is 9.91. The highest BCUT2D eigenvalue weighted by Gasteiger charge is 2.48. The molecule has 2 aromatic rings. The zero-order valence-electron chi connectivity index (χ0n) is 15.3. The highest BCUT2D eigenvalue weighted by atomic mass is 19.1. The first-order valence-electron chi connectivity index (χ1n) is 8.61. The van der Waals surface area contributed by atoms with Gasteiger partial charge in [0.05, 0.1) is 5.56 Å². The molecule has 0 bridgehead atoms. The van der Waals surface area contributed by atoms with Crippen molar-refractivity contribution in [3.63, 3.8) is 0 Å². The first kappa shape index (κ1) is 16.8. The van der Waals surface area contributed by atoms with Crippen LogP contribution in [0.2, 0.25) is 0 Å². The Morgan fingerprint density at radius 1 is 1.15 bits per heavy atom. The Labute approximate surface area is 152 Å². The van der Waals surface area contributed by atoms with Gasteiger partial charge in [0, 0.05) is 23.7 Å². The van der Waals surface area contributed by atoms with Gasteiger partial charge in [0.1, 0.15) is 18.2 Å². The van der Waals surface area contributed by atoms with Crippen LogP contribution in [-0.2, 0) is 17.2 Å². The molecular weight excluding hydrogens is 333 g/mol. The fraction of sp³-hybridized carbons (Fsp3) is 0.350. The Kier molecular flexibility index (Phi) is 3.70. The molecule has 0 saturated carbocycles. The number of ether oxygens (including phenoxy) is 1. The maximum Gasteiger partial charge on any atom is 0.243 e. The van der Waals surface area contributed by atoms with Gasteiger partial charge in [-0.25, -0.2) is 19.3 Å². The Balaban J connectivity index is 1.95. The van der Waals surface area contributed by atoms with E-state index in [-0.39, 0.29) is 18.0 Å². The van der Waals surface area contributed by atoms with Crippen LogP contribution in [0.1, 0.15) is 37.5 Å². The van der Waals surface area contributed by atoms with Gasteiger partial charge in [-0.1, -0.05) is 18.2 Å². The summed E-state index contributed by atoms with van der Waals surface area (Å²) in [4.78, 5) is 11.2. The Morgan fingerprint density at radius 3 is 2.69 bits per heavy atom. The van der Waals surface area contributed by atoms with Crippen molar-refractivity contribution in [2.24, 2.45) is 4.99 Å². The van der Waals surface area contributed by atoms with Gasteiger partial charge in [0.25, 0.3) is 0 Å². The quantitative estimate of drug-likeness (QED) is 0.785. The van der Waals surface area contributed by atoms with E-state index in [2.05, 4.69) is 26.1 Å². The average Bonchev–Trinajstić information content (AvgIpc) is 2.81. The predicted octanol–water partition coefficient (Wildman–Crippen LogP) is 3.54. The summed E-state index contributed by atoms with van der Waals surface area (Å²) in [6.45, 7) is 6.43. The molecule has 2 aliphatic heterocycles. The second-order valence-corrected chi connectivity index (χ2v) is 7.63. The minimum Gasteiger partial charge on any atom is -0.488 e. The second kappa shape index (κ2) is 5.71. The topological polar surface area (TPSA) is 46.1 Å². The molecule has 0 saturated heterocycles. The van der Waals surface area contributed by atoms with Crippen LogP contribution in [0.5, 0.6) is 5.75 Å². The lowest BCUT2D eigenvalue weighted by Crippen LogP contribution is -2.46. The maximum atomic E-state index is 13.9. The molecule has 26 heavy (non-hydrogen) atoms. The van der Waals surface area contributed by atoms with Crippen molar-refractivity contribution in [1.82, 2.24) is 10.4 Å². The molecule has 2 aliphatic rings. The molecule has 2 aromatic carbocycles. The van der Waals surface area contributed by atoms with Gasteiger partial charge in [0.15, 0.2) is 0 Å².